The van der Waals surface area contributed by atoms with Crippen molar-refractivity contribution in [2.24, 2.45) is 0 Å². The van der Waals surface area contributed by atoms with Gasteiger partial charge < -0.3 is 9.88 Å². The molecule has 1 heterocycles. The van der Waals surface area contributed by atoms with Crippen molar-refractivity contribution >= 4 is 17.5 Å². The number of anilines is 1. The van der Waals surface area contributed by atoms with Gasteiger partial charge >= 0.3 is 0 Å². The van der Waals surface area contributed by atoms with E-state index in [1.165, 1.54) is 5.56 Å². The van der Waals surface area contributed by atoms with Crippen molar-refractivity contribution < 1.29 is 0 Å². The molecule has 3 nitrogen and oxygen atoms in total. The van der Waals surface area contributed by atoms with Crippen LogP contribution in [0.5, 0.6) is 0 Å². The Labute approximate surface area is 119 Å². The van der Waals surface area contributed by atoms with Gasteiger partial charge in [0.15, 0.2) is 0 Å². The Balaban J connectivity index is 2.27. The number of aryl methyl sites for hydroxylation is 1. The van der Waals surface area contributed by atoms with Crippen molar-refractivity contribution in [1.82, 2.24) is 9.55 Å². The molecule has 102 valence electrons. The Morgan fingerprint density at radius 2 is 2.00 bits per heavy atom. The fourth-order valence-corrected chi connectivity index (χ4v) is 2.21. The van der Waals surface area contributed by atoms with Gasteiger partial charge in [-0.25, -0.2) is 4.98 Å². The van der Waals surface area contributed by atoms with E-state index in [2.05, 4.69) is 47.0 Å². The lowest BCUT2D eigenvalue weighted by Gasteiger charge is -2.17. The number of hydrogen-bond donors (Lipinski definition) is 1. The Morgan fingerprint density at radius 1 is 1.32 bits per heavy atom. The molecule has 0 bridgehead atoms. The zero-order valence-electron chi connectivity index (χ0n) is 11.7. The molecular weight excluding hydrogens is 258 g/mol. The maximum absolute atomic E-state index is 5.93. The van der Waals surface area contributed by atoms with Gasteiger partial charge in [-0.3, -0.25) is 0 Å². The number of aromatic nitrogens is 2. The normalized spacial score (nSPS) is 12.4. The Bertz CT molecular complexity index is 531. The van der Waals surface area contributed by atoms with Gasteiger partial charge in [0, 0.05) is 17.8 Å². The second kappa shape index (κ2) is 6.11. The summed E-state index contributed by atoms with van der Waals surface area (Å²) < 4.78 is 2.17. The molecule has 0 fully saturated rings. The molecule has 0 radical (unpaired) electrons. The first kappa shape index (κ1) is 13.9. The predicted molar refractivity (Wildman–Crippen MR) is 81.0 cm³/mol. The van der Waals surface area contributed by atoms with Crippen LogP contribution < -0.4 is 5.32 Å². The third kappa shape index (κ3) is 3.29. The van der Waals surface area contributed by atoms with Crippen LogP contribution in [0.4, 0.5) is 5.95 Å². The fourth-order valence-electron chi connectivity index (χ4n) is 2.08. The van der Waals surface area contributed by atoms with E-state index in [1.54, 1.807) is 0 Å². The summed E-state index contributed by atoms with van der Waals surface area (Å²) in [4.78, 5) is 4.54. The summed E-state index contributed by atoms with van der Waals surface area (Å²) in [5.41, 5.74) is 2.25. The van der Waals surface area contributed by atoms with Crippen molar-refractivity contribution in [2.75, 3.05) is 11.9 Å². The highest BCUT2D eigenvalue weighted by atomic mass is 35.5. The van der Waals surface area contributed by atoms with E-state index in [4.69, 9.17) is 11.6 Å². The molecule has 0 spiro atoms. The van der Waals surface area contributed by atoms with Gasteiger partial charge in [0.2, 0.25) is 5.95 Å². The molecule has 2 aromatic rings. The van der Waals surface area contributed by atoms with Crippen LogP contribution in [0.25, 0.3) is 0 Å². The highest BCUT2D eigenvalue weighted by Crippen LogP contribution is 2.24. The first-order chi connectivity index (χ1) is 9.11. The minimum absolute atomic E-state index is 0.234. The van der Waals surface area contributed by atoms with E-state index in [1.807, 2.05) is 19.1 Å². The lowest BCUT2D eigenvalue weighted by molar-refractivity contribution is 0.642. The number of halogens is 1. The fraction of sp³-hybridized carbons (Fsp3) is 0.400. The van der Waals surface area contributed by atoms with E-state index in [-0.39, 0.29) is 6.04 Å². The van der Waals surface area contributed by atoms with Gasteiger partial charge in [-0.05, 0) is 38.0 Å². The lowest BCUT2D eigenvalue weighted by atomic mass is 10.1. The second-order valence-electron chi connectivity index (χ2n) is 4.77. The average Bonchev–Trinajstić information content (AvgIpc) is 2.77. The van der Waals surface area contributed by atoms with Gasteiger partial charge in [0.25, 0.3) is 0 Å². The van der Waals surface area contributed by atoms with E-state index in [9.17, 15) is 0 Å². The Kier molecular flexibility index (Phi) is 4.48. The Morgan fingerprint density at radius 3 is 2.63 bits per heavy atom. The SMILES string of the molecule is CCCNc1nc(C)cn1C(C)c1ccc(Cl)cc1. The van der Waals surface area contributed by atoms with E-state index in [0.717, 1.165) is 29.6 Å². The van der Waals surface area contributed by atoms with Crippen molar-refractivity contribution in [2.45, 2.75) is 33.2 Å². The molecule has 1 N–H and O–H groups in total. The molecular formula is C15H20ClN3. The minimum atomic E-state index is 0.234. The molecule has 0 saturated heterocycles. The van der Waals surface area contributed by atoms with Crippen LogP contribution in [-0.4, -0.2) is 16.1 Å². The standard InChI is InChI=1S/C15H20ClN3/c1-4-9-17-15-18-11(2)10-19(15)12(3)13-5-7-14(16)8-6-13/h5-8,10,12H,4,9H2,1-3H3,(H,17,18). The molecule has 0 amide bonds. The molecule has 1 atom stereocenters. The average molecular weight is 278 g/mol. The summed E-state index contributed by atoms with van der Waals surface area (Å²) in [6.45, 7) is 7.27. The highest BCUT2D eigenvalue weighted by molar-refractivity contribution is 6.30. The lowest BCUT2D eigenvalue weighted by Crippen LogP contribution is -2.12. The summed E-state index contributed by atoms with van der Waals surface area (Å²) in [7, 11) is 0. The van der Waals surface area contributed by atoms with Crippen LogP contribution in [0, 0.1) is 6.92 Å². The number of benzene rings is 1. The van der Waals surface area contributed by atoms with Crippen LogP contribution >= 0.6 is 11.6 Å². The molecule has 4 heteroatoms. The zero-order chi connectivity index (χ0) is 13.8. The quantitative estimate of drug-likeness (QED) is 0.884. The minimum Gasteiger partial charge on any atom is -0.356 e. The smallest absolute Gasteiger partial charge is 0.203 e. The Hall–Kier alpha value is -1.48. The van der Waals surface area contributed by atoms with Crippen LogP contribution in [-0.2, 0) is 0 Å². The predicted octanol–water partition coefficient (Wildman–Crippen LogP) is 4.28. The molecule has 0 saturated carbocycles. The summed E-state index contributed by atoms with van der Waals surface area (Å²) in [6, 6.07) is 8.21. The first-order valence-corrected chi connectivity index (χ1v) is 7.04. The first-order valence-electron chi connectivity index (χ1n) is 6.66. The van der Waals surface area contributed by atoms with Gasteiger partial charge in [0.1, 0.15) is 0 Å². The van der Waals surface area contributed by atoms with Gasteiger partial charge in [-0.15, -0.1) is 0 Å². The summed E-state index contributed by atoms with van der Waals surface area (Å²) in [5, 5.41) is 4.14. The number of nitrogens with zero attached hydrogens (tertiary/aromatic N) is 2. The molecule has 0 aliphatic heterocycles. The van der Waals surface area contributed by atoms with Gasteiger partial charge in [-0.1, -0.05) is 30.7 Å². The van der Waals surface area contributed by atoms with Crippen LogP contribution in [0.15, 0.2) is 30.5 Å². The summed E-state index contributed by atoms with van der Waals surface area (Å²) in [6.07, 6.45) is 3.17. The van der Waals surface area contributed by atoms with Gasteiger partial charge in [0.05, 0.1) is 11.7 Å². The highest BCUT2D eigenvalue weighted by Gasteiger charge is 2.13. The van der Waals surface area contributed by atoms with Gasteiger partial charge in [-0.2, -0.15) is 0 Å². The molecule has 2 rings (SSSR count). The van der Waals surface area contributed by atoms with Crippen LogP contribution in [0.3, 0.4) is 0 Å². The molecule has 19 heavy (non-hydrogen) atoms. The molecule has 0 aliphatic carbocycles. The molecule has 1 aromatic carbocycles. The number of nitrogens with one attached hydrogen (secondary N) is 1. The number of rotatable bonds is 5. The topological polar surface area (TPSA) is 29.9 Å². The third-order valence-electron chi connectivity index (χ3n) is 3.16. The van der Waals surface area contributed by atoms with Crippen molar-refractivity contribution in [3.8, 4) is 0 Å². The van der Waals surface area contributed by atoms with Crippen molar-refractivity contribution in [3.05, 3.63) is 46.7 Å². The zero-order valence-corrected chi connectivity index (χ0v) is 12.4. The number of imidazole rings is 1. The monoisotopic (exact) mass is 277 g/mol. The van der Waals surface area contributed by atoms with E-state index in [0.29, 0.717) is 0 Å². The summed E-state index contributed by atoms with van der Waals surface area (Å²) in [5.74, 6) is 0.932. The van der Waals surface area contributed by atoms with Crippen LogP contribution in [0.2, 0.25) is 5.02 Å². The van der Waals surface area contributed by atoms with E-state index < -0.39 is 0 Å². The maximum Gasteiger partial charge on any atom is 0.203 e. The second-order valence-corrected chi connectivity index (χ2v) is 5.20. The number of hydrogen-bond acceptors (Lipinski definition) is 2. The summed E-state index contributed by atoms with van der Waals surface area (Å²) >= 11 is 5.93. The van der Waals surface area contributed by atoms with Crippen molar-refractivity contribution in [1.29, 1.82) is 0 Å². The maximum atomic E-state index is 5.93. The molecule has 0 aliphatic rings. The van der Waals surface area contributed by atoms with E-state index >= 15 is 0 Å². The third-order valence-corrected chi connectivity index (χ3v) is 3.41. The molecule has 1 unspecified atom stereocenters. The van der Waals surface area contributed by atoms with Crippen molar-refractivity contribution in [3.63, 3.8) is 0 Å². The molecule has 1 aromatic heterocycles. The largest absolute Gasteiger partial charge is 0.356 e. The van der Waals surface area contributed by atoms with Crippen LogP contribution in [0.1, 0.15) is 37.6 Å².